The van der Waals surface area contributed by atoms with Crippen LogP contribution in [0.4, 0.5) is 10.3 Å². The van der Waals surface area contributed by atoms with Crippen LogP contribution in [0.5, 0.6) is 0 Å². The average Bonchev–Trinajstić information content (AvgIpc) is 3.94. The molecule has 0 bridgehead atoms. The van der Waals surface area contributed by atoms with Gasteiger partial charge in [-0.05, 0) is 72.8 Å². The van der Waals surface area contributed by atoms with Crippen LogP contribution in [-0.2, 0) is 29.6 Å². The van der Waals surface area contributed by atoms with Crippen molar-refractivity contribution in [2.24, 2.45) is 10.2 Å². The molecule has 0 fully saturated rings. The van der Waals surface area contributed by atoms with Gasteiger partial charge in [0.15, 0.2) is 10.3 Å². The number of anilines is 2. The zero-order valence-electron chi connectivity index (χ0n) is 25.1. The van der Waals surface area contributed by atoms with E-state index < -0.39 is 31.9 Å². The molecule has 0 aliphatic heterocycles. The van der Waals surface area contributed by atoms with Crippen LogP contribution >= 0.6 is 22.7 Å². The van der Waals surface area contributed by atoms with Crippen LogP contribution in [0.3, 0.4) is 0 Å². The number of carbonyl (C=O) groups is 2. The number of furan rings is 2. The van der Waals surface area contributed by atoms with E-state index in [0.29, 0.717) is 22.6 Å². The first-order chi connectivity index (χ1) is 24.1. The predicted molar refractivity (Wildman–Crippen MR) is 186 cm³/mol. The van der Waals surface area contributed by atoms with Gasteiger partial charge in [0.05, 0.1) is 22.2 Å². The molecule has 0 unspecified atom stereocenters. The lowest BCUT2D eigenvalue weighted by atomic mass is 10.2. The lowest BCUT2D eigenvalue weighted by Crippen LogP contribution is -2.35. The fraction of sp³-hybridized carbons (Fsp3) is 0. The van der Waals surface area contributed by atoms with E-state index >= 15 is 0 Å². The predicted octanol–water partition coefficient (Wildman–Crippen LogP) is 4.32. The van der Waals surface area contributed by atoms with E-state index in [4.69, 9.17) is 8.83 Å². The largest absolute Gasteiger partial charge is 0.455 e. The molecule has 4 N–H and O–H groups in total. The minimum Gasteiger partial charge on any atom is -0.455 e. The van der Waals surface area contributed by atoms with Gasteiger partial charge in [0.25, 0.3) is 20.0 Å². The minimum absolute atomic E-state index is 0.0449. The molecule has 16 nitrogen and oxygen atoms in total. The topological polar surface area (TPSA) is 227 Å². The first-order valence-electron chi connectivity index (χ1n) is 14.0. The molecule has 254 valence electrons. The summed E-state index contributed by atoms with van der Waals surface area (Å²) in [6.45, 7) is 0. The molecule has 6 aromatic rings. The first-order valence-corrected chi connectivity index (χ1v) is 18.7. The normalized spacial score (nSPS) is 11.9. The highest BCUT2D eigenvalue weighted by Crippen LogP contribution is 2.26. The number of hydrogen-bond acceptors (Lipinski definition) is 14. The van der Waals surface area contributed by atoms with Crippen molar-refractivity contribution >= 4 is 77.2 Å². The Balaban J connectivity index is 0.970. The number of amides is 2. The molecule has 2 amide bonds. The number of thiazole rings is 2. The van der Waals surface area contributed by atoms with Crippen LogP contribution < -0.4 is 20.3 Å². The van der Waals surface area contributed by atoms with E-state index in [9.17, 15) is 26.4 Å². The standard InChI is InChI=1S/C30H22N8O8S4/c39-27(35-33-17-21-5-11-25(45-21)19-1-7-23(8-2-19)49(41,42)37-29-31-13-15-47-29)28(40)36-34-18-22-6-12-26(46-22)20-3-9-24(10-4-20)50(43,44)38-30-32-14-16-48-30/h1-18H,(H,31,37)(H,32,38)(H,35,39)(H,36,40)/b33-17-,34-18+. The average molecular weight is 751 g/mol. The maximum Gasteiger partial charge on any atom is 0.331 e. The Morgan fingerprint density at radius 3 is 1.36 bits per heavy atom. The number of benzene rings is 2. The van der Waals surface area contributed by atoms with Gasteiger partial charge in [0.1, 0.15) is 23.0 Å². The highest BCUT2D eigenvalue weighted by Gasteiger charge is 2.18. The van der Waals surface area contributed by atoms with Gasteiger partial charge in [-0.1, -0.05) is 0 Å². The maximum absolute atomic E-state index is 12.5. The lowest BCUT2D eigenvalue weighted by Gasteiger charge is -2.05. The number of aromatic nitrogens is 2. The van der Waals surface area contributed by atoms with Crippen molar-refractivity contribution in [2.45, 2.75) is 9.79 Å². The zero-order valence-corrected chi connectivity index (χ0v) is 28.3. The van der Waals surface area contributed by atoms with Crippen molar-refractivity contribution in [3.63, 3.8) is 0 Å². The summed E-state index contributed by atoms with van der Waals surface area (Å²) in [5.74, 6) is -0.892. The van der Waals surface area contributed by atoms with Gasteiger partial charge in [-0.25, -0.2) is 37.7 Å². The molecule has 4 heterocycles. The van der Waals surface area contributed by atoms with E-state index in [2.05, 4.69) is 40.5 Å². The second-order valence-corrected chi connectivity index (χ2v) is 14.9. The van der Waals surface area contributed by atoms with Gasteiger partial charge in [0.2, 0.25) is 0 Å². The van der Waals surface area contributed by atoms with E-state index in [-0.39, 0.29) is 31.6 Å². The molecule has 0 spiro atoms. The van der Waals surface area contributed by atoms with Crippen LogP contribution in [-0.4, -0.2) is 51.0 Å². The summed E-state index contributed by atoms with van der Waals surface area (Å²) < 4.78 is 66.3. The van der Waals surface area contributed by atoms with Gasteiger partial charge in [0, 0.05) is 34.3 Å². The lowest BCUT2D eigenvalue weighted by molar-refractivity contribution is -0.139. The monoisotopic (exact) mass is 750 g/mol. The fourth-order valence-electron chi connectivity index (χ4n) is 4.06. The summed E-state index contributed by atoms with van der Waals surface area (Å²) >= 11 is 2.32. The van der Waals surface area contributed by atoms with Crippen molar-refractivity contribution < 1.29 is 35.3 Å². The summed E-state index contributed by atoms with van der Waals surface area (Å²) in [4.78, 5) is 32.2. The van der Waals surface area contributed by atoms with Crippen LogP contribution in [0.1, 0.15) is 11.5 Å². The second kappa shape index (κ2) is 14.7. The SMILES string of the molecule is O=C(N/N=C\c1ccc(-c2ccc(S(=O)(=O)Nc3nccs3)cc2)o1)C(=O)N/N=C/c1ccc(-c2ccc(S(=O)(=O)Nc3nccs3)cc2)o1. The molecule has 0 aliphatic carbocycles. The smallest absolute Gasteiger partial charge is 0.331 e. The van der Waals surface area contributed by atoms with Gasteiger partial charge in [-0.3, -0.25) is 19.0 Å². The molecule has 2 aromatic carbocycles. The van der Waals surface area contributed by atoms with Crippen molar-refractivity contribution in [1.29, 1.82) is 0 Å². The molecule has 4 aromatic heterocycles. The number of nitrogens with zero attached hydrogens (tertiary/aromatic N) is 4. The van der Waals surface area contributed by atoms with Crippen molar-refractivity contribution in [3.8, 4) is 22.6 Å². The van der Waals surface area contributed by atoms with Crippen LogP contribution in [0.2, 0.25) is 0 Å². The molecule has 50 heavy (non-hydrogen) atoms. The molecule has 0 radical (unpaired) electrons. The Hall–Kier alpha value is -5.96. The number of carbonyl (C=O) groups excluding carboxylic acids is 2. The van der Waals surface area contributed by atoms with Gasteiger partial charge in [-0.15, -0.1) is 22.7 Å². The molecular formula is C30H22N8O8S4. The first kappa shape index (κ1) is 33.9. The van der Waals surface area contributed by atoms with E-state index in [1.165, 1.54) is 49.1 Å². The minimum atomic E-state index is -3.80. The van der Waals surface area contributed by atoms with Crippen LogP contribution in [0.15, 0.2) is 125 Å². The van der Waals surface area contributed by atoms with Crippen LogP contribution in [0, 0.1) is 0 Å². The van der Waals surface area contributed by atoms with Gasteiger partial charge >= 0.3 is 11.8 Å². The van der Waals surface area contributed by atoms with Gasteiger partial charge in [-0.2, -0.15) is 10.2 Å². The third kappa shape index (κ3) is 8.36. The second-order valence-electron chi connectivity index (χ2n) is 9.74. The Kier molecular flexibility index (Phi) is 9.94. The maximum atomic E-state index is 12.5. The van der Waals surface area contributed by atoms with E-state index in [1.807, 2.05) is 0 Å². The summed E-state index contributed by atoms with van der Waals surface area (Å²) in [7, 11) is -7.61. The van der Waals surface area contributed by atoms with Crippen molar-refractivity contribution in [2.75, 3.05) is 9.44 Å². The highest BCUT2D eigenvalue weighted by atomic mass is 32.2. The fourth-order valence-corrected chi connectivity index (χ4v) is 7.63. The molecular weight excluding hydrogens is 729 g/mol. The molecule has 0 saturated heterocycles. The van der Waals surface area contributed by atoms with Crippen molar-refractivity contribution in [1.82, 2.24) is 20.8 Å². The summed E-state index contributed by atoms with van der Waals surface area (Å²) in [6, 6.07) is 18.4. The number of sulfonamides is 2. The van der Waals surface area contributed by atoms with E-state index in [1.54, 1.807) is 59.3 Å². The molecule has 0 saturated carbocycles. The summed E-state index contributed by atoms with van der Waals surface area (Å²) in [5, 5.41) is 11.2. The Morgan fingerprint density at radius 2 is 1.00 bits per heavy atom. The third-order valence-corrected chi connectivity index (χ3v) is 10.7. The molecule has 0 atom stereocenters. The summed E-state index contributed by atoms with van der Waals surface area (Å²) in [6.07, 6.45) is 5.34. The third-order valence-electron chi connectivity index (χ3n) is 6.38. The zero-order chi connectivity index (χ0) is 35.1. The number of hydrogen-bond donors (Lipinski definition) is 4. The molecule has 0 aliphatic rings. The number of rotatable bonds is 12. The molecule has 6 rings (SSSR count). The van der Waals surface area contributed by atoms with E-state index in [0.717, 1.165) is 22.7 Å². The molecule has 20 heteroatoms. The Labute approximate surface area is 291 Å². The Bertz CT molecular complexity index is 2210. The number of nitrogens with one attached hydrogen (secondary N) is 4. The highest BCUT2D eigenvalue weighted by molar-refractivity contribution is 7.93. The summed E-state index contributed by atoms with van der Waals surface area (Å²) in [5.41, 5.74) is 5.29. The quantitative estimate of drug-likeness (QED) is 0.0787. The Morgan fingerprint density at radius 1 is 0.600 bits per heavy atom. The van der Waals surface area contributed by atoms with Gasteiger partial charge < -0.3 is 8.83 Å². The van der Waals surface area contributed by atoms with Crippen molar-refractivity contribution in [3.05, 3.63) is 107 Å². The van der Waals surface area contributed by atoms with Crippen LogP contribution in [0.25, 0.3) is 22.6 Å². The number of hydrazone groups is 2.